The topological polar surface area (TPSA) is 49.3 Å². The van der Waals surface area contributed by atoms with Crippen molar-refractivity contribution in [2.24, 2.45) is 5.92 Å². The highest BCUT2D eigenvalue weighted by atomic mass is 35.5. The highest BCUT2D eigenvalue weighted by Crippen LogP contribution is 2.33. The number of carbonyl (C=O) groups is 1. The van der Waals surface area contributed by atoms with E-state index in [1.54, 1.807) is 18.2 Å². The van der Waals surface area contributed by atoms with Gasteiger partial charge in [-0.25, -0.2) is 0 Å². The summed E-state index contributed by atoms with van der Waals surface area (Å²) in [6.07, 6.45) is 3.68. The predicted molar refractivity (Wildman–Crippen MR) is 81.4 cm³/mol. The molecular formula is C15H19Cl2NO2. The number of halogens is 2. The normalized spacial score (nSPS) is 26.3. The molecule has 1 amide bonds. The molecule has 1 aliphatic carbocycles. The van der Waals surface area contributed by atoms with Crippen LogP contribution >= 0.6 is 23.2 Å². The van der Waals surface area contributed by atoms with Crippen molar-refractivity contribution in [2.75, 3.05) is 6.61 Å². The van der Waals surface area contributed by atoms with E-state index in [4.69, 9.17) is 23.2 Å². The molecule has 1 aliphatic rings. The number of aliphatic hydroxyl groups is 1. The zero-order chi connectivity index (χ0) is 14.8. The first-order chi connectivity index (χ1) is 9.47. The Morgan fingerprint density at radius 3 is 2.65 bits per heavy atom. The summed E-state index contributed by atoms with van der Waals surface area (Å²) in [6, 6.07) is 4.97. The van der Waals surface area contributed by atoms with Crippen LogP contribution in [0.3, 0.4) is 0 Å². The highest BCUT2D eigenvalue weighted by Gasteiger charge is 2.36. The average molecular weight is 316 g/mol. The van der Waals surface area contributed by atoms with Gasteiger partial charge >= 0.3 is 0 Å². The minimum Gasteiger partial charge on any atom is -0.394 e. The quantitative estimate of drug-likeness (QED) is 0.894. The first-order valence-corrected chi connectivity index (χ1v) is 7.60. The zero-order valence-corrected chi connectivity index (χ0v) is 13.0. The number of hydrogen-bond donors (Lipinski definition) is 2. The third-order valence-electron chi connectivity index (χ3n) is 3.96. The van der Waals surface area contributed by atoms with Crippen molar-refractivity contribution >= 4 is 29.1 Å². The fraction of sp³-hybridized carbons (Fsp3) is 0.533. The van der Waals surface area contributed by atoms with E-state index in [1.165, 1.54) is 0 Å². The van der Waals surface area contributed by atoms with Crippen molar-refractivity contribution in [3.63, 3.8) is 0 Å². The van der Waals surface area contributed by atoms with Gasteiger partial charge in [0.05, 0.1) is 27.8 Å². The van der Waals surface area contributed by atoms with E-state index in [0.717, 1.165) is 25.7 Å². The Bertz CT molecular complexity index is 486. The van der Waals surface area contributed by atoms with E-state index in [-0.39, 0.29) is 18.1 Å². The van der Waals surface area contributed by atoms with Gasteiger partial charge in [0.2, 0.25) is 0 Å². The largest absolute Gasteiger partial charge is 0.394 e. The van der Waals surface area contributed by atoms with Gasteiger partial charge in [0.15, 0.2) is 0 Å². The van der Waals surface area contributed by atoms with Crippen molar-refractivity contribution in [1.82, 2.24) is 5.32 Å². The lowest BCUT2D eigenvalue weighted by Crippen LogP contribution is -2.54. The van der Waals surface area contributed by atoms with Gasteiger partial charge in [0, 0.05) is 0 Å². The van der Waals surface area contributed by atoms with Crippen LogP contribution in [0.1, 0.15) is 43.0 Å². The number of hydrogen-bond acceptors (Lipinski definition) is 2. The molecule has 0 saturated heterocycles. The molecule has 1 aromatic rings. The maximum atomic E-state index is 12.4. The monoisotopic (exact) mass is 315 g/mol. The molecule has 0 bridgehead atoms. The minimum absolute atomic E-state index is 0.0643. The second kappa shape index (κ2) is 6.33. The van der Waals surface area contributed by atoms with E-state index in [1.807, 2.05) is 0 Å². The summed E-state index contributed by atoms with van der Waals surface area (Å²) in [5.74, 6) is 0.168. The first-order valence-electron chi connectivity index (χ1n) is 6.85. The number of carbonyl (C=O) groups excluding carboxylic acids is 1. The van der Waals surface area contributed by atoms with Crippen LogP contribution in [-0.4, -0.2) is 23.2 Å². The van der Waals surface area contributed by atoms with Crippen molar-refractivity contribution in [2.45, 2.75) is 38.1 Å². The van der Waals surface area contributed by atoms with E-state index in [0.29, 0.717) is 16.0 Å². The lowest BCUT2D eigenvalue weighted by atomic mass is 9.76. The number of nitrogens with one attached hydrogen (secondary N) is 1. The van der Waals surface area contributed by atoms with Gasteiger partial charge in [-0.3, -0.25) is 4.79 Å². The number of rotatable bonds is 3. The Balaban J connectivity index is 2.21. The fourth-order valence-corrected chi connectivity index (χ4v) is 3.54. The summed E-state index contributed by atoms with van der Waals surface area (Å²) in [4.78, 5) is 12.4. The Hall–Kier alpha value is -0.770. The van der Waals surface area contributed by atoms with Crippen molar-refractivity contribution < 1.29 is 9.90 Å². The van der Waals surface area contributed by atoms with Crippen LogP contribution in [0.25, 0.3) is 0 Å². The molecule has 2 atom stereocenters. The molecule has 0 heterocycles. The molecule has 20 heavy (non-hydrogen) atoms. The highest BCUT2D eigenvalue weighted by molar-refractivity contribution is 6.39. The molecule has 2 unspecified atom stereocenters. The summed E-state index contributed by atoms with van der Waals surface area (Å²) >= 11 is 12.1. The molecule has 5 heteroatoms. The second-order valence-electron chi connectivity index (χ2n) is 5.69. The SMILES string of the molecule is CC1CCCC(CO)(NC(=O)c2c(Cl)cccc2Cl)C1. The van der Waals surface area contributed by atoms with E-state index < -0.39 is 5.54 Å². The molecular weight excluding hydrogens is 297 g/mol. The standard InChI is InChI=1S/C15H19Cl2NO2/c1-10-4-3-7-15(8-10,9-19)18-14(20)13-11(16)5-2-6-12(13)17/h2,5-6,10,19H,3-4,7-9H2,1H3,(H,18,20). The van der Waals surface area contributed by atoms with Crippen LogP contribution in [0.5, 0.6) is 0 Å². The van der Waals surface area contributed by atoms with Crippen molar-refractivity contribution in [3.8, 4) is 0 Å². The summed E-state index contributed by atoms with van der Waals surface area (Å²) in [5.41, 5.74) is -0.279. The van der Waals surface area contributed by atoms with Crippen LogP contribution in [0.2, 0.25) is 10.0 Å². The number of aliphatic hydroxyl groups excluding tert-OH is 1. The summed E-state index contributed by atoms with van der Waals surface area (Å²) in [5, 5.41) is 13.3. The zero-order valence-electron chi connectivity index (χ0n) is 11.5. The van der Waals surface area contributed by atoms with Gasteiger partial charge in [-0.05, 0) is 30.9 Å². The van der Waals surface area contributed by atoms with Gasteiger partial charge in [-0.1, -0.05) is 49.0 Å². The maximum Gasteiger partial charge on any atom is 0.254 e. The van der Waals surface area contributed by atoms with Crippen LogP contribution in [0, 0.1) is 5.92 Å². The third kappa shape index (κ3) is 3.27. The molecule has 1 fully saturated rings. The van der Waals surface area contributed by atoms with Crippen LogP contribution < -0.4 is 5.32 Å². The number of amides is 1. The Kier molecular flexibility index (Phi) is 4.95. The Labute approximate surface area is 129 Å². The molecule has 0 aromatic heterocycles. The average Bonchev–Trinajstić information content (AvgIpc) is 2.38. The molecule has 1 saturated carbocycles. The molecule has 0 aliphatic heterocycles. The molecule has 2 N–H and O–H groups in total. The Morgan fingerprint density at radius 2 is 2.10 bits per heavy atom. The van der Waals surface area contributed by atoms with Crippen molar-refractivity contribution in [1.29, 1.82) is 0 Å². The summed E-state index contributed by atoms with van der Waals surface area (Å²) in [6.45, 7) is 2.07. The molecule has 0 spiro atoms. The third-order valence-corrected chi connectivity index (χ3v) is 4.59. The van der Waals surface area contributed by atoms with Crippen LogP contribution in [-0.2, 0) is 0 Å². The number of benzene rings is 1. The summed E-state index contributed by atoms with van der Waals surface area (Å²) < 4.78 is 0. The van der Waals surface area contributed by atoms with Gasteiger partial charge in [0.25, 0.3) is 5.91 Å². The van der Waals surface area contributed by atoms with Crippen LogP contribution in [0.15, 0.2) is 18.2 Å². The smallest absolute Gasteiger partial charge is 0.254 e. The lowest BCUT2D eigenvalue weighted by molar-refractivity contribution is 0.0697. The Morgan fingerprint density at radius 1 is 1.45 bits per heavy atom. The molecule has 2 rings (SSSR count). The lowest BCUT2D eigenvalue weighted by Gasteiger charge is -2.39. The molecule has 1 aromatic carbocycles. The second-order valence-corrected chi connectivity index (χ2v) is 6.51. The first kappa shape index (κ1) is 15.6. The van der Waals surface area contributed by atoms with Gasteiger partial charge in [-0.2, -0.15) is 0 Å². The minimum atomic E-state index is -0.558. The van der Waals surface area contributed by atoms with Crippen LogP contribution in [0.4, 0.5) is 0 Å². The molecule has 0 radical (unpaired) electrons. The van der Waals surface area contributed by atoms with E-state index in [2.05, 4.69) is 12.2 Å². The van der Waals surface area contributed by atoms with Gasteiger partial charge in [-0.15, -0.1) is 0 Å². The van der Waals surface area contributed by atoms with E-state index in [9.17, 15) is 9.90 Å². The maximum absolute atomic E-state index is 12.4. The van der Waals surface area contributed by atoms with E-state index >= 15 is 0 Å². The molecule has 110 valence electrons. The predicted octanol–water partition coefficient (Wildman–Crippen LogP) is 3.66. The van der Waals surface area contributed by atoms with Gasteiger partial charge in [0.1, 0.15) is 0 Å². The summed E-state index contributed by atoms with van der Waals surface area (Å²) in [7, 11) is 0. The molecule has 3 nitrogen and oxygen atoms in total. The van der Waals surface area contributed by atoms with Gasteiger partial charge < -0.3 is 10.4 Å². The fourth-order valence-electron chi connectivity index (χ4n) is 2.97. The van der Waals surface area contributed by atoms with Crippen molar-refractivity contribution in [3.05, 3.63) is 33.8 Å².